The average molecular weight is 282 g/mol. The number of nitrogens with zero attached hydrogens (tertiary/aromatic N) is 2. The van der Waals surface area contributed by atoms with Crippen LogP contribution in [0.4, 0.5) is 0 Å². The van der Waals surface area contributed by atoms with E-state index in [2.05, 4.69) is 9.36 Å². The zero-order valence-corrected chi connectivity index (χ0v) is 12.0. The lowest BCUT2D eigenvalue weighted by Gasteiger charge is -2.14. The summed E-state index contributed by atoms with van der Waals surface area (Å²) in [5.41, 5.74) is 0.790. The summed E-state index contributed by atoms with van der Waals surface area (Å²) in [6.45, 7) is 3.59. The van der Waals surface area contributed by atoms with Crippen molar-refractivity contribution in [3.63, 3.8) is 0 Å². The smallest absolute Gasteiger partial charge is 0.174 e. The molecule has 0 radical (unpaired) electrons. The van der Waals surface area contributed by atoms with Crippen LogP contribution in [0.2, 0.25) is 0 Å². The lowest BCUT2D eigenvalue weighted by molar-refractivity contribution is 0.191. The first-order chi connectivity index (χ1) is 8.61. The van der Waals surface area contributed by atoms with E-state index in [1.54, 1.807) is 14.0 Å². The van der Waals surface area contributed by atoms with Gasteiger partial charge in [0.1, 0.15) is 11.6 Å². The van der Waals surface area contributed by atoms with E-state index in [-0.39, 0.29) is 0 Å². The minimum Gasteiger partial charge on any atom is -0.496 e. The second kappa shape index (κ2) is 5.69. The molecule has 0 aliphatic heterocycles. The van der Waals surface area contributed by atoms with Crippen LogP contribution in [-0.4, -0.2) is 21.6 Å². The molecule has 0 amide bonds. The van der Waals surface area contributed by atoms with E-state index in [9.17, 15) is 5.11 Å². The Kier molecular flexibility index (Phi) is 4.21. The zero-order chi connectivity index (χ0) is 13.1. The molecule has 4 nitrogen and oxygen atoms in total. The molecule has 1 N–H and O–H groups in total. The Morgan fingerprint density at radius 3 is 2.78 bits per heavy atom. The summed E-state index contributed by atoms with van der Waals surface area (Å²) in [5, 5.41) is 9.87. The monoisotopic (exact) mass is 282 g/mol. The van der Waals surface area contributed by atoms with E-state index in [0.717, 1.165) is 20.6 Å². The Bertz CT molecular complexity index is 541. The number of aliphatic hydroxyl groups is 1. The van der Waals surface area contributed by atoms with Crippen molar-refractivity contribution in [3.8, 4) is 5.75 Å². The Hall–Kier alpha value is -1.11. The number of aromatic nitrogens is 2. The minimum absolute atomic E-state index is 0.585. The Balaban J connectivity index is 2.37. The molecule has 2 aromatic rings. The lowest BCUT2D eigenvalue weighted by Crippen LogP contribution is -1.98. The predicted molar refractivity (Wildman–Crippen MR) is 72.4 cm³/mol. The first-order valence-corrected chi connectivity index (χ1v) is 7.04. The van der Waals surface area contributed by atoms with Crippen LogP contribution < -0.4 is 4.74 Å². The van der Waals surface area contributed by atoms with Crippen molar-refractivity contribution in [2.75, 3.05) is 7.11 Å². The van der Waals surface area contributed by atoms with E-state index in [4.69, 9.17) is 4.74 Å². The fraction of sp³-hybridized carbons (Fsp3) is 0.333. The second-order valence-electron chi connectivity index (χ2n) is 3.76. The summed E-state index contributed by atoms with van der Waals surface area (Å²) in [4.78, 5) is 5.25. The fourth-order valence-corrected chi connectivity index (χ4v) is 3.46. The van der Waals surface area contributed by atoms with Crippen molar-refractivity contribution in [3.05, 3.63) is 29.6 Å². The van der Waals surface area contributed by atoms with Crippen molar-refractivity contribution < 1.29 is 9.84 Å². The second-order valence-corrected chi connectivity index (χ2v) is 5.80. The third-order valence-electron chi connectivity index (χ3n) is 2.37. The number of aliphatic hydroxyl groups excluding tert-OH is 1. The summed E-state index contributed by atoms with van der Waals surface area (Å²) >= 11 is 2.86. The van der Waals surface area contributed by atoms with Crippen LogP contribution in [0.15, 0.2) is 27.4 Å². The van der Waals surface area contributed by atoms with Gasteiger partial charge in [0, 0.05) is 10.5 Å². The van der Waals surface area contributed by atoms with Gasteiger partial charge in [0.25, 0.3) is 0 Å². The molecule has 1 aromatic carbocycles. The van der Waals surface area contributed by atoms with Gasteiger partial charge < -0.3 is 9.84 Å². The van der Waals surface area contributed by atoms with Gasteiger partial charge in [-0.2, -0.15) is 4.37 Å². The zero-order valence-electron chi connectivity index (χ0n) is 10.4. The van der Waals surface area contributed by atoms with Gasteiger partial charge in [0.2, 0.25) is 0 Å². The highest BCUT2D eigenvalue weighted by atomic mass is 32.2. The molecule has 1 heterocycles. The number of ether oxygens (including phenoxy) is 1. The van der Waals surface area contributed by atoms with Gasteiger partial charge in [0.15, 0.2) is 4.34 Å². The first kappa shape index (κ1) is 13.3. The van der Waals surface area contributed by atoms with Crippen molar-refractivity contribution in [1.29, 1.82) is 0 Å². The molecule has 0 fully saturated rings. The number of hydrogen-bond donors (Lipinski definition) is 1. The molecule has 0 spiro atoms. The summed E-state index contributed by atoms with van der Waals surface area (Å²) in [6.07, 6.45) is -0.585. The molecular weight excluding hydrogens is 268 g/mol. The van der Waals surface area contributed by atoms with Crippen LogP contribution in [0, 0.1) is 6.92 Å². The van der Waals surface area contributed by atoms with Crippen LogP contribution >= 0.6 is 23.3 Å². The predicted octanol–water partition coefficient (Wildman–Crippen LogP) is 3.06. The number of hydrogen-bond acceptors (Lipinski definition) is 6. The first-order valence-electron chi connectivity index (χ1n) is 5.45. The molecule has 1 aromatic heterocycles. The number of methoxy groups -OCH3 is 1. The lowest BCUT2D eigenvalue weighted by atomic mass is 10.1. The van der Waals surface area contributed by atoms with Gasteiger partial charge in [-0.15, -0.1) is 0 Å². The third-order valence-corrected chi connectivity index (χ3v) is 4.29. The van der Waals surface area contributed by atoms with Crippen LogP contribution in [0.25, 0.3) is 0 Å². The highest BCUT2D eigenvalue weighted by molar-refractivity contribution is 8.01. The fourth-order valence-electron chi connectivity index (χ4n) is 1.62. The summed E-state index contributed by atoms with van der Waals surface area (Å²) in [6, 6.07) is 5.70. The van der Waals surface area contributed by atoms with Crippen LogP contribution in [0.1, 0.15) is 24.4 Å². The molecule has 96 valence electrons. The summed E-state index contributed by atoms with van der Waals surface area (Å²) in [5.74, 6) is 1.46. The average Bonchev–Trinajstić information content (AvgIpc) is 2.74. The van der Waals surface area contributed by atoms with Crippen molar-refractivity contribution in [1.82, 2.24) is 9.36 Å². The molecule has 0 saturated carbocycles. The van der Waals surface area contributed by atoms with Crippen molar-refractivity contribution in [2.24, 2.45) is 0 Å². The summed E-state index contributed by atoms with van der Waals surface area (Å²) in [7, 11) is 1.60. The molecule has 0 aliphatic rings. The minimum atomic E-state index is -0.585. The molecule has 6 heteroatoms. The Labute approximate surface area is 114 Å². The van der Waals surface area contributed by atoms with Gasteiger partial charge in [-0.1, -0.05) is 17.8 Å². The molecular formula is C12H14N2O2S2. The van der Waals surface area contributed by atoms with Crippen LogP contribution in [-0.2, 0) is 0 Å². The normalized spacial score (nSPS) is 12.4. The number of rotatable bonds is 4. The molecule has 1 unspecified atom stereocenters. The molecule has 0 bridgehead atoms. The van der Waals surface area contributed by atoms with E-state index in [1.807, 2.05) is 25.1 Å². The van der Waals surface area contributed by atoms with Crippen LogP contribution in [0.5, 0.6) is 5.75 Å². The van der Waals surface area contributed by atoms with E-state index in [0.29, 0.717) is 5.75 Å². The van der Waals surface area contributed by atoms with Crippen molar-refractivity contribution >= 4 is 23.3 Å². The quantitative estimate of drug-likeness (QED) is 0.934. The Morgan fingerprint density at radius 2 is 2.22 bits per heavy atom. The van der Waals surface area contributed by atoms with E-state index in [1.165, 1.54) is 23.3 Å². The molecule has 0 saturated heterocycles. The van der Waals surface area contributed by atoms with Gasteiger partial charge in [0.05, 0.1) is 13.2 Å². The van der Waals surface area contributed by atoms with Crippen molar-refractivity contribution in [2.45, 2.75) is 29.2 Å². The van der Waals surface area contributed by atoms with Gasteiger partial charge in [-0.05, 0) is 37.5 Å². The van der Waals surface area contributed by atoms with E-state index >= 15 is 0 Å². The number of benzene rings is 1. The standard InChI is InChI=1S/C12H14N2O2S2/c1-7(15)11-9(16-3)5-4-6-10(11)17-12-13-8(2)14-18-12/h4-7,15H,1-3H3. The van der Waals surface area contributed by atoms with Gasteiger partial charge in [-0.25, -0.2) is 4.98 Å². The molecule has 0 aliphatic carbocycles. The largest absolute Gasteiger partial charge is 0.496 e. The molecule has 2 rings (SSSR count). The van der Waals surface area contributed by atoms with Gasteiger partial charge in [-0.3, -0.25) is 0 Å². The van der Waals surface area contributed by atoms with Gasteiger partial charge >= 0.3 is 0 Å². The third kappa shape index (κ3) is 2.82. The maximum Gasteiger partial charge on any atom is 0.174 e. The molecule has 18 heavy (non-hydrogen) atoms. The maximum absolute atomic E-state index is 9.87. The highest BCUT2D eigenvalue weighted by Crippen LogP contribution is 2.38. The van der Waals surface area contributed by atoms with Crippen LogP contribution in [0.3, 0.4) is 0 Å². The topological polar surface area (TPSA) is 55.2 Å². The maximum atomic E-state index is 9.87. The number of aryl methyl sites for hydroxylation is 1. The SMILES string of the molecule is COc1cccc(Sc2nc(C)ns2)c1C(C)O. The summed E-state index contributed by atoms with van der Waals surface area (Å²) < 4.78 is 10.3. The molecule has 1 atom stereocenters. The van der Waals surface area contributed by atoms with E-state index < -0.39 is 6.10 Å². The Morgan fingerprint density at radius 1 is 1.44 bits per heavy atom. The highest BCUT2D eigenvalue weighted by Gasteiger charge is 2.16.